The molecule has 6 rings (SSSR count). The minimum Gasteiger partial charge on any atom is -0.337 e. The van der Waals surface area contributed by atoms with E-state index in [1.54, 1.807) is 24.3 Å². The number of carbonyl (C=O) groups excluding carboxylic acids is 1. The SMILES string of the molecule is CS(=O)(=O)c1ccc2nc(-c3ccc(Cl)c(Cl)c3)c(CN3CCC(N4CCCCC4)CC3)c(C(=O)NC(c3ccccc3)C(F)(F)F)c2c1. The van der Waals surface area contributed by atoms with Crippen LogP contribution in [0.2, 0.25) is 10.0 Å². The molecular formula is C36H37Cl2F3N4O3S. The first-order chi connectivity index (χ1) is 23.3. The van der Waals surface area contributed by atoms with Crippen molar-refractivity contribution in [3.8, 4) is 11.3 Å². The van der Waals surface area contributed by atoms with Crippen LogP contribution in [0, 0.1) is 0 Å². The van der Waals surface area contributed by atoms with Crippen LogP contribution in [0.4, 0.5) is 13.2 Å². The zero-order chi connectivity index (χ0) is 34.9. The normalized spacial score (nSPS) is 17.7. The number of hydrogen-bond acceptors (Lipinski definition) is 6. The molecule has 2 fully saturated rings. The van der Waals surface area contributed by atoms with Crippen molar-refractivity contribution in [3.63, 3.8) is 0 Å². The number of sulfone groups is 1. The summed E-state index contributed by atoms with van der Waals surface area (Å²) in [6.45, 7) is 3.77. The van der Waals surface area contributed by atoms with E-state index >= 15 is 0 Å². The van der Waals surface area contributed by atoms with Crippen molar-refractivity contribution in [2.75, 3.05) is 32.4 Å². The van der Waals surface area contributed by atoms with Crippen LogP contribution in [-0.2, 0) is 16.4 Å². The third-order valence-corrected chi connectivity index (χ3v) is 11.3. The Morgan fingerprint density at radius 3 is 2.27 bits per heavy atom. The average Bonchev–Trinajstić information content (AvgIpc) is 3.08. The molecule has 3 aromatic carbocycles. The maximum Gasteiger partial charge on any atom is 0.412 e. The molecule has 2 aliphatic rings. The standard InChI is InChI=1S/C36H37Cl2F3N4O3S/c1-49(47,48)26-11-13-31-27(21-26)32(35(46)43-34(36(39,40)41)23-8-4-2-5-9-23)28(33(42-31)24-10-12-29(37)30(38)20-24)22-44-18-14-25(15-19-44)45-16-6-3-7-17-45/h2,4-5,8-13,20-21,25,34H,3,6-7,14-19,22H2,1H3,(H,43,46). The van der Waals surface area contributed by atoms with Gasteiger partial charge >= 0.3 is 6.18 Å². The molecule has 0 radical (unpaired) electrons. The minimum atomic E-state index is -4.82. The fraction of sp³-hybridized carbons (Fsp3) is 0.389. The zero-order valence-corrected chi connectivity index (χ0v) is 29.3. The van der Waals surface area contributed by atoms with E-state index in [1.165, 1.54) is 61.7 Å². The van der Waals surface area contributed by atoms with Gasteiger partial charge in [-0.3, -0.25) is 9.69 Å². The quantitative estimate of drug-likeness (QED) is 0.197. The molecule has 1 atom stereocenters. The summed E-state index contributed by atoms with van der Waals surface area (Å²) in [7, 11) is -3.74. The fourth-order valence-electron chi connectivity index (χ4n) is 6.96. The van der Waals surface area contributed by atoms with Crippen molar-refractivity contribution < 1.29 is 26.4 Å². The van der Waals surface area contributed by atoms with Crippen molar-refractivity contribution in [2.45, 2.75) is 61.8 Å². The Bertz CT molecular complexity index is 1950. The number of piperidine rings is 2. The number of nitrogens with zero attached hydrogens (tertiary/aromatic N) is 3. The molecule has 4 aromatic rings. The molecule has 0 bridgehead atoms. The summed E-state index contributed by atoms with van der Waals surface area (Å²) in [4.78, 5) is 24.0. The molecule has 1 aromatic heterocycles. The number of rotatable bonds is 8. The smallest absolute Gasteiger partial charge is 0.337 e. The van der Waals surface area contributed by atoms with Gasteiger partial charge in [-0.25, -0.2) is 13.4 Å². The third-order valence-electron chi connectivity index (χ3n) is 9.49. The highest BCUT2D eigenvalue weighted by atomic mass is 35.5. The lowest BCUT2D eigenvalue weighted by atomic mass is 9.93. The highest BCUT2D eigenvalue weighted by Gasteiger charge is 2.42. The molecule has 1 N–H and O–H groups in total. The monoisotopic (exact) mass is 732 g/mol. The number of hydrogen-bond donors (Lipinski definition) is 1. The molecule has 0 aliphatic carbocycles. The van der Waals surface area contributed by atoms with E-state index in [1.807, 2.05) is 0 Å². The van der Waals surface area contributed by atoms with Gasteiger partial charge in [0.15, 0.2) is 15.9 Å². The number of alkyl halides is 3. The lowest BCUT2D eigenvalue weighted by Gasteiger charge is -2.40. The maximum absolute atomic E-state index is 14.6. The Morgan fingerprint density at radius 1 is 0.939 bits per heavy atom. The molecule has 3 heterocycles. The topological polar surface area (TPSA) is 82.6 Å². The number of pyridine rings is 1. The first-order valence-corrected chi connectivity index (χ1v) is 19.0. The number of halogens is 5. The van der Waals surface area contributed by atoms with Gasteiger partial charge in [-0.1, -0.05) is 66.0 Å². The number of amides is 1. The number of likely N-dealkylation sites (tertiary alicyclic amines) is 2. The van der Waals surface area contributed by atoms with Crippen LogP contribution >= 0.6 is 23.2 Å². The minimum absolute atomic E-state index is 0.0695. The van der Waals surface area contributed by atoms with Gasteiger partial charge in [-0.15, -0.1) is 0 Å². The van der Waals surface area contributed by atoms with E-state index in [4.69, 9.17) is 28.2 Å². The zero-order valence-electron chi connectivity index (χ0n) is 26.9. The highest BCUT2D eigenvalue weighted by molar-refractivity contribution is 7.90. The lowest BCUT2D eigenvalue weighted by Crippen LogP contribution is -2.46. The van der Waals surface area contributed by atoms with Crippen molar-refractivity contribution in [2.24, 2.45) is 0 Å². The van der Waals surface area contributed by atoms with Crippen molar-refractivity contribution >= 4 is 49.8 Å². The summed E-state index contributed by atoms with van der Waals surface area (Å²) >= 11 is 12.7. The summed E-state index contributed by atoms with van der Waals surface area (Å²) in [5, 5.41) is 2.94. The fourth-order valence-corrected chi connectivity index (χ4v) is 7.91. The largest absolute Gasteiger partial charge is 0.412 e. The molecule has 1 amide bonds. The number of nitrogens with one attached hydrogen (secondary N) is 1. The van der Waals surface area contributed by atoms with Gasteiger partial charge in [0.25, 0.3) is 5.91 Å². The third kappa shape index (κ3) is 8.07. The molecule has 49 heavy (non-hydrogen) atoms. The summed E-state index contributed by atoms with van der Waals surface area (Å²) in [6.07, 6.45) is 1.65. The number of aromatic nitrogens is 1. The van der Waals surface area contributed by atoms with Crippen molar-refractivity contribution in [1.82, 2.24) is 20.1 Å². The van der Waals surface area contributed by atoms with Crippen LogP contribution in [0.15, 0.2) is 71.6 Å². The van der Waals surface area contributed by atoms with E-state index in [-0.39, 0.29) is 38.5 Å². The summed E-state index contributed by atoms with van der Waals surface area (Å²) in [6, 6.07) is 14.4. The van der Waals surface area contributed by atoms with Crippen LogP contribution < -0.4 is 5.32 Å². The van der Waals surface area contributed by atoms with Gasteiger partial charge in [0, 0.05) is 35.4 Å². The first kappa shape index (κ1) is 35.6. The van der Waals surface area contributed by atoms with Gasteiger partial charge in [-0.05, 0) is 87.8 Å². The summed E-state index contributed by atoms with van der Waals surface area (Å²) < 4.78 is 69.0. The predicted molar refractivity (Wildman–Crippen MR) is 187 cm³/mol. The molecule has 260 valence electrons. The predicted octanol–water partition coefficient (Wildman–Crippen LogP) is 8.10. The Balaban J connectivity index is 1.50. The Labute approximate surface area is 294 Å². The Hall–Kier alpha value is -3.22. The summed E-state index contributed by atoms with van der Waals surface area (Å²) in [5.74, 6) is -0.997. The van der Waals surface area contributed by atoms with E-state index in [0.29, 0.717) is 41.0 Å². The van der Waals surface area contributed by atoms with Crippen LogP contribution in [0.5, 0.6) is 0 Å². The average molecular weight is 734 g/mol. The van der Waals surface area contributed by atoms with Crippen LogP contribution in [-0.4, -0.2) is 73.8 Å². The van der Waals surface area contributed by atoms with E-state index in [0.717, 1.165) is 32.2 Å². The van der Waals surface area contributed by atoms with Crippen LogP contribution in [0.1, 0.15) is 59.6 Å². The molecule has 7 nitrogen and oxygen atoms in total. The lowest BCUT2D eigenvalue weighted by molar-refractivity contribution is -0.155. The molecular weight excluding hydrogens is 696 g/mol. The van der Waals surface area contributed by atoms with Crippen LogP contribution in [0.3, 0.4) is 0 Å². The summed E-state index contributed by atoms with van der Waals surface area (Å²) in [5.41, 5.74) is 1.29. The number of carbonyl (C=O) groups is 1. The maximum atomic E-state index is 14.6. The van der Waals surface area contributed by atoms with Gasteiger partial charge in [0.1, 0.15) is 0 Å². The second-order valence-electron chi connectivity index (χ2n) is 12.9. The highest BCUT2D eigenvalue weighted by Crippen LogP contribution is 2.38. The Morgan fingerprint density at radius 2 is 1.63 bits per heavy atom. The van der Waals surface area contributed by atoms with Crippen LogP contribution in [0.25, 0.3) is 22.2 Å². The number of fused-ring (bicyclic) bond motifs is 1. The first-order valence-electron chi connectivity index (χ1n) is 16.3. The van der Waals surface area contributed by atoms with Crippen molar-refractivity contribution in [1.29, 1.82) is 0 Å². The molecule has 0 spiro atoms. The molecule has 2 aliphatic heterocycles. The second kappa shape index (κ2) is 14.6. The van der Waals surface area contributed by atoms with Crippen molar-refractivity contribution in [3.05, 3.63) is 93.5 Å². The van der Waals surface area contributed by atoms with Gasteiger partial charge < -0.3 is 10.2 Å². The number of benzene rings is 3. The van der Waals surface area contributed by atoms with Gasteiger partial charge in [0.2, 0.25) is 0 Å². The second-order valence-corrected chi connectivity index (χ2v) is 15.7. The van der Waals surface area contributed by atoms with Gasteiger partial charge in [0.05, 0.1) is 31.7 Å². The van der Waals surface area contributed by atoms with E-state index in [2.05, 4.69) is 15.1 Å². The molecule has 1 unspecified atom stereocenters. The van der Waals surface area contributed by atoms with E-state index < -0.39 is 28.0 Å². The Kier molecular flexibility index (Phi) is 10.6. The molecule has 13 heteroatoms. The molecule has 2 saturated heterocycles. The van der Waals surface area contributed by atoms with E-state index in [9.17, 15) is 26.4 Å². The van der Waals surface area contributed by atoms with Gasteiger partial charge in [-0.2, -0.15) is 13.2 Å². The molecule has 0 saturated carbocycles.